The zero-order chi connectivity index (χ0) is 21.8. The topological polar surface area (TPSA) is 107 Å². The zero-order valence-corrected chi connectivity index (χ0v) is 18.0. The standard InChI is InChI=1S/C21H27N7O2/c1-6-11-23-19(29)14-7-9-15(10-8-14)27(4)13(2)16-12-24-18-17(28(16)5)20(30)26-21(22-3)25-18/h7-10,12-13H,6,11H2,1-5H3,(H2-,22,23,24,25,26,29,30)/p+1. The van der Waals surface area contributed by atoms with Crippen molar-refractivity contribution in [2.45, 2.75) is 26.3 Å². The summed E-state index contributed by atoms with van der Waals surface area (Å²) >= 11 is 0. The van der Waals surface area contributed by atoms with Crippen LogP contribution in [0.3, 0.4) is 0 Å². The third kappa shape index (κ3) is 4.10. The van der Waals surface area contributed by atoms with Crippen LogP contribution in [0, 0.1) is 0 Å². The first-order valence-electron chi connectivity index (χ1n) is 9.95. The Bertz CT molecular complexity index is 1110. The fraction of sp³-hybridized carbons (Fsp3) is 0.381. The van der Waals surface area contributed by atoms with Gasteiger partial charge in [-0.3, -0.25) is 14.6 Å². The molecule has 3 aromatic rings. The first-order chi connectivity index (χ1) is 14.4. The number of aromatic nitrogens is 4. The fourth-order valence-electron chi connectivity index (χ4n) is 3.31. The van der Waals surface area contributed by atoms with E-state index in [2.05, 4.69) is 30.5 Å². The van der Waals surface area contributed by atoms with Crippen LogP contribution in [0.15, 0.2) is 35.3 Å². The molecule has 0 aliphatic rings. The highest BCUT2D eigenvalue weighted by Crippen LogP contribution is 2.24. The maximum Gasteiger partial charge on any atom is 0.326 e. The van der Waals surface area contributed by atoms with E-state index >= 15 is 0 Å². The minimum Gasteiger partial charge on any atom is -0.362 e. The molecule has 0 radical (unpaired) electrons. The molecule has 1 atom stereocenters. The fourth-order valence-corrected chi connectivity index (χ4v) is 3.31. The van der Waals surface area contributed by atoms with Gasteiger partial charge in [-0.1, -0.05) is 6.92 Å². The van der Waals surface area contributed by atoms with Crippen LogP contribution in [0.4, 0.5) is 11.6 Å². The molecule has 9 nitrogen and oxygen atoms in total. The van der Waals surface area contributed by atoms with E-state index in [9.17, 15) is 9.59 Å². The van der Waals surface area contributed by atoms with E-state index in [-0.39, 0.29) is 17.5 Å². The van der Waals surface area contributed by atoms with Crippen molar-refractivity contribution < 1.29 is 9.36 Å². The highest BCUT2D eigenvalue weighted by atomic mass is 16.1. The van der Waals surface area contributed by atoms with E-state index in [0.717, 1.165) is 17.8 Å². The number of H-pyrrole nitrogens is 1. The Morgan fingerprint density at radius 2 is 2.00 bits per heavy atom. The summed E-state index contributed by atoms with van der Waals surface area (Å²) in [4.78, 5) is 38.1. The quantitative estimate of drug-likeness (QED) is 0.510. The molecule has 2 aromatic heterocycles. The molecule has 0 fully saturated rings. The van der Waals surface area contributed by atoms with Crippen molar-refractivity contribution in [2.75, 3.05) is 30.9 Å². The van der Waals surface area contributed by atoms with Crippen LogP contribution in [-0.4, -0.2) is 41.5 Å². The van der Waals surface area contributed by atoms with Gasteiger partial charge in [0.25, 0.3) is 5.91 Å². The Morgan fingerprint density at radius 3 is 2.63 bits per heavy atom. The number of carbonyl (C=O) groups excluding carboxylic acids is 1. The highest BCUT2D eigenvalue weighted by molar-refractivity contribution is 5.94. The molecule has 0 bridgehead atoms. The minimum atomic E-state index is -0.251. The maximum atomic E-state index is 12.5. The number of amides is 1. The monoisotopic (exact) mass is 410 g/mol. The molecule has 1 aromatic carbocycles. The summed E-state index contributed by atoms with van der Waals surface area (Å²) in [7, 11) is 5.49. The molecular weight excluding hydrogens is 382 g/mol. The normalized spacial score (nSPS) is 11.9. The van der Waals surface area contributed by atoms with Gasteiger partial charge in [0.05, 0.1) is 6.20 Å². The van der Waals surface area contributed by atoms with E-state index in [4.69, 9.17) is 0 Å². The summed E-state index contributed by atoms with van der Waals surface area (Å²) in [6, 6.07) is 7.39. The zero-order valence-electron chi connectivity index (χ0n) is 18.0. The molecule has 1 unspecified atom stereocenters. The lowest BCUT2D eigenvalue weighted by Crippen LogP contribution is -2.43. The molecule has 0 aliphatic carbocycles. The molecule has 0 aliphatic heterocycles. The van der Waals surface area contributed by atoms with Crippen LogP contribution in [0.1, 0.15) is 42.4 Å². The lowest BCUT2D eigenvalue weighted by Gasteiger charge is -2.25. The Kier molecular flexibility index (Phi) is 6.29. The second kappa shape index (κ2) is 8.89. The Hall–Kier alpha value is -3.49. The van der Waals surface area contributed by atoms with Gasteiger partial charge in [0.1, 0.15) is 13.1 Å². The Morgan fingerprint density at radius 1 is 1.30 bits per heavy atom. The van der Waals surface area contributed by atoms with Gasteiger partial charge in [-0.25, -0.2) is 4.98 Å². The molecule has 9 heteroatoms. The van der Waals surface area contributed by atoms with E-state index < -0.39 is 0 Å². The van der Waals surface area contributed by atoms with Crippen molar-refractivity contribution in [1.82, 2.24) is 20.3 Å². The molecule has 0 saturated heterocycles. The summed E-state index contributed by atoms with van der Waals surface area (Å²) in [6.07, 6.45) is 2.64. The molecule has 2 heterocycles. The second-order valence-corrected chi connectivity index (χ2v) is 7.17. The predicted octanol–water partition coefficient (Wildman–Crippen LogP) is 1.52. The van der Waals surface area contributed by atoms with Gasteiger partial charge >= 0.3 is 11.1 Å². The van der Waals surface area contributed by atoms with Gasteiger partial charge in [-0.2, -0.15) is 9.55 Å². The number of hydrogen-bond acceptors (Lipinski definition) is 6. The number of hydrogen-bond donors (Lipinski definition) is 3. The number of carbonyl (C=O) groups is 1. The largest absolute Gasteiger partial charge is 0.362 e. The first kappa shape index (κ1) is 21.2. The molecule has 0 saturated carbocycles. The number of aryl methyl sites for hydroxylation is 1. The maximum absolute atomic E-state index is 12.5. The van der Waals surface area contributed by atoms with Crippen molar-refractivity contribution in [3.63, 3.8) is 0 Å². The predicted molar refractivity (Wildman–Crippen MR) is 117 cm³/mol. The molecule has 30 heavy (non-hydrogen) atoms. The van der Waals surface area contributed by atoms with E-state index in [0.29, 0.717) is 29.2 Å². The number of benzene rings is 1. The molecule has 0 spiro atoms. The smallest absolute Gasteiger partial charge is 0.326 e. The van der Waals surface area contributed by atoms with Crippen molar-refractivity contribution >= 4 is 28.7 Å². The summed E-state index contributed by atoms with van der Waals surface area (Å²) < 4.78 is 1.82. The molecule has 3 rings (SSSR count). The van der Waals surface area contributed by atoms with E-state index in [1.165, 1.54) is 0 Å². The number of fused-ring (bicyclic) bond motifs is 1. The Balaban J connectivity index is 1.89. The third-order valence-electron chi connectivity index (χ3n) is 5.24. The summed E-state index contributed by atoms with van der Waals surface area (Å²) in [5.41, 5.74) is 2.98. The van der Waals surface area contributed by atoms with Crippen molar-refractivity contribution in [2.24, 2.45) is 7.05 Å². The molecule has 1 amide bonds. The summed E-state index contributed by atoms with van der Waals surface area (Å²) in [5, 5.41) is 5.70. The number of nitrogens with zero attached hydrogens (tertiary/aromatic N) is 4. The van der Waals surface area contributed by atoms with Gasteiger partial charge in [0, 0.05) is 31.9 Å². The van der Waals surface area contributed by atoms with Gasteiger partial charge in [-0.15, -0.1) is 0 Å². The van der Waals surface area contributed by atoms with Crippen LogP contribution < -0.4 is 25.7 Å². The van der Waals surface area contributed by atoms with Crippen molar-refractivity contribution in [3.05, 3.63) is 52.1 Å². The van der Waals surface area contributed by atoms with Crippen LogP contribution in [-0.2, 0) is 7.05 Å². The summed E-state index contributed by atoms with van der Waals surface area (Å²) in [6.45, 7) is 4.71. The van der Waals surface area contributed by atoms with Gasteiger partial charge in [-0.05, 0) is 37.6 Å². The number of aromatic amines is 1. The van der Waals surface area contributed by atoms with Crippen LogP contribution >= 0.6 is 0 Å². The average Bonchev–Trinajstić information content (AvgIpc) is 2.76. The van der Waals surface area contributed by atoms with Crippen molar-refractivity contribution in [3.8, 4) is 0 Å². The average molecular weight is 411 g/mol. The van der Waals surface area contributed by atoms with Gasteiger partial charge in [0.15, 0.2) is 0 Å². The second-order valence-electron chi connectivity index (χ2n) is 7.17. The Labute approximate surface area is 175 Å². The number of nitrogens with one attached hydrogen (secondary N) is 3. The number of rotatable bonds is 7. The van der Waals surface area contributed by atoms with Crippen molar-refractivity contribution in [1.29, 1.82) is 0 Å². The van der Waals surface area contributed by atoms with Crippen LogP contribution in [0.2, 0.25) is 0 Å². The molecule has 158 valence electrons. The third-order valence-corrected chi connectivity index (χ3v) is 5.24. The van der Waals surface area contributed by atoms with E-state index in [1.54, 1.807) is 13.2 Å². The summed E-state index contributed by atoms with van der Waals surface area (Å²) in [5.74, 6) is 0.304. The van der Waals surface area contributed by atoms with E-state index in [1.807, 2.05) is 56.8 Å². The highest BCUT2D eigenvalue weighted by Gasteiger charge is 2.25. The molecular formula is C21H28N7O2+. The molecule has 3 N–H and O–H groups in total. The van der Waals surface area contributed by atoms with Gasteiger partial charge in [0.2, 0.25) is 17.3 Å². The van der Waals surface area contributed by atoms with Gasteiger partial charge < -0.3 is 15.5 Å². The lowest BCUT2D eigenvalue weighted by atomic mass is 10.1. The lowest BCUT2D eigenvalue weighted by molar-refractivity contribution is -0.655. The minimum absolute atomic E-state index is 0.0723. The van der Waals surface area contributed by atoms with Crippen LogP contribution in [0.25, 0.3) is 11.2 Å². The number of anilines is 2. The van der Waals surface area contributed by atoms with Crippen LogP contribution in [0.5, 0.6) is 0 Å². The SMILES string of the molecule is CCCNC(=O)c1ccc(N(C)C(C)c2cnc3nc(NC)[nH]c(=O)c3[n+]2C)cc1. The first-order valence-corrected chi connectivity index (χ1v) is 9.95.